The molecular weight excluding hydrogens is 382 g/mol. The normalized spacial score (nSPS) is 11.2. The first kappa shape index (κ1) is 21.5. The maximum atomic E-state index is 13.3. The monoisotopic (exact) mass is 411 g/mol. The van der Waals surface area contributed by atoms with Crippen LogP contribution in [-0.4, -0.2) is 42.6 Å². The van der Waals surface area contributed by atoms with Crippen LogP contribution in [0.4, 0.5) is 0 Å². The average Bonchev–Trinajstić information content (AvgIpc) is 3.19. The zero-order valence-corrected chi connectivity index (χ0v) is 17.9. The number of hydrogen-bond donors (Lipinski definition) is 0. The van der Waals surface area contributed by atoms with Gasteiger partial charge in [0.1, 0.15) is 6.54 Å². The molecule has 3 rings (SSSR count). The van der Waals surface area contributed by atoms with E-state index in [1.165, 1.54) is 4.57 Å². The third-order valence-electron chi connectivity index (χ3n) is 5.32. The van der Waals surface area contributed by atoms with Crippen LogP contribution in [0.1, 0.15) is 39.2 Å². The van der Waals surface area contributed by atoms with E-state index in [1.54, 1.807) is 15.8 Å². The largest absolute Gasteiger partial charge is 0.341 e. The minimum Gasteiger partial charge on any atom is -0.341 e. The molecule has 0 saturated heterocycles. The zero-order chi connectivity index (χ0) is 21.7. The lowest BCUT2D eigenvalue weighted by Crippen LogP contribution is -2.45. The van der Waals surface area contributed by atoms with Crippen molar-refractivity contribution in [3.05, 3.63) is 63.1 Å². The fourth-order valence-corrected chi connectivity index (χ4v) is 3.57. The molecule has 30 heavy (non-hydrogen) atoms. The van der Waals surface area contributed by atoms with Crippen molar-refractivity contribution in [2.45, 2.75) is 53.2 Å². The lowest BCUT2D eigenvalue weighted by molar-refractivity contribution is -0.131. The third kappa shape index (κ3) is 4.22. The molecule has 0 atom stereocenters. The number of aryl methyl sites for hydroxylation is 1. The van der Waals surface area contributed by atoms with Crippen LogP contribution in [0, 0.1) is 0 Å². The van der Waals surface area contributed by atoms with Gasteiger partial charge < -0.3 is 9.47 Å². The van der Waals surface area contributed by atoms with Gasteiger partial charge in [0.05, 0.1) is 12.9 Å². The fraction of sp³-hybridized carbons (Fsp3) is 0.455. The number of likely N-dealkylation sites (N-methyl/N-ethyl adjacent to an activating group) is 1. The van der Waals surface area contributed by atoms with Crippen molar-refractivity contribution in [3.63, 3.8) is 0 Å². The van der Waals surface area contributed by atoms with Gasteiger partial charge in [0.15, 0.2) is 11.2 Å². The van der Waals surface area contributed by atoms with E-state index in [0.29, 0.717) is 30.8 Å². The Labute approximate surface area is 175 Å². The molecule has 3 aromatic rings. The summed E-state index contributed by atoms with van der Waals surface area (Å²) in [5.41, 5.74) is 0.618. The number of carbonyl (C=O) groups is 1. The van der Waals surface area contributed by atoms with Gasteiger partial charge in [-0.2, -0.15) is 0 Å². The van der Waals surface area contributed by atoms with Crippen LogP contribution < -0.4 is 11.2 Å². The Balaban J connectivity index is 2.11. The smallest absolute Gasteiger partial charge is 0.333 e. The van der Waals surface area contributed by atoms with Crippen LogP contribution in [0.5, 0.6) is 0 Å². The van der Waals surface area contributed by atoms with Crippen molar-refractivity contribution in [3.8, 4) is 0 Å². The highest BCUT2D eigenvalue weighted by atomic mass is 16.2. The Hall–Kier alpha value is -3.16. The predicted octanol–water partition coefficient (Wildman–Crippen LogP) is 2.08. The molecule has 0 N–H and O–H groups in total. The number of aromatic nitrogens is 4. The van der Waals surface area contributed by atoms with Crippen molar-refractivity contribution in [2.24, 2.45) is 0 Å². The van der Waals surface area contributed by atoms with Crippen molar-refractivity contribution in [2.75, 3.05) is 13.1 Å². The lowest BCUT2D eigenvalue weighted by Gasteiger charge is -2.21. The van der Waals surface area contributed by atoms with Gasteiger partial charge in [-0.3, -0.25) is 14.2 Å². The summed E-state index contributed by atoms with van der Waals surface area (Å²) in [6.45, 7) is 7.58. The summed E-state index contributed by atoms with van der Waals surface area (Å²) in [5.74, 6) is -0.224. The second-order valence-corrected chi connectivity index (χ2v) is 7.28. The summed E-state index contributed by atoms with van der Waals surface area (Å²) >= 11 is 0. The first-order valence-corrected chi connectivity index (χ1v) is 10.5. The van der Waals surface area contributed by atoms with E-state index in [1.807, 2.05) is 44.2 Å². The van der Waals surface area contributed by atoms with Gasteiger partial charge >= 0.3 is 5.69 Å². The molecule has 0 aliphatic heterocycles. The quantitative estimate of drug-likeness (QED) is 0.540. The Morgan fingerprint density at radius 1 is 1.07 bits per heavy atom. The highest BCUT2D eigenvalue weighted by Crippen LogP contribution is 2.10. The van der Waals surface area contributed by atoms with Crippen LogP contribution in [0.25, 0.3) is 11.2 Å². The lowest BCUT2D eigenvalue weighted by atomic mass is 10.2. The molecule has 0 unspecified atom stereocenters. The minimum atomic E-state index is -0.516. The summed E-state index contributed by atoms with van der Waals surface area (Å²) in [6.07, 6.45) is 3.42. The van der Waals surface area contributed by atoms with Gasteiger partial charge in [0.25, 0.3) is 5.56 Å². The number of fused-ring (bicyclic) bond motifs is 1. The van der Waals surface area contributed by atoms with E-state index >= 15 is 0 Å². The van der Waals surface area contributed by atoms with Crippen molar-refractivity contribution in [1.29, 1.82) is 0 Å². The maximum absolute atomic E-state index is 13.3. The summed E-state index contributed by atoms with van der Waals surface area (Å²) in [7, 11) is 0. The topological polar surface area (TPSA) is 82.1 Å². The molecule has 1 amide bonds. The average molecular weight is 412 g/mol. The molecule has 0 saturated carbocycles. The van der Waals surface area contributed by atoms with Gasteiger partial charge in [-0.1, -0.05) is 43.7 Å². The van der Waals surface area contributed by atoms with E-state index < -0.39 is 11.2 Å². The van der Waals surface area contributed by atoms with Crippen LogP contribution in [0.2, 0.25) is 0 Å². The van der Waals surface area contributed by atoms with Crippen molar-refractivity contribution < 1.29 is 4.79 Å². The third-order valence-corrected chi connectivity index (χ3v) is 5.32. The van der Waals surface area contributed by atoms with E-state index in [4.69, 9.17) is 0 Å². The van der Waals surface area contributed by atoms with Crippen LogP contribution in [0.15, 0.2) is 46.2 Å². The number of benzene rings is 1. The van der Waals surface area contributed by atoms with Gasteiger partial charge in [0, 0.05) is 19.6 Å². The molecule has 0 aliphatic carbocycles. The molecule has 0 spiro atoms. The number of unbranched alkanes of at least 4 members (excludes halogenated alkanes) is 1. The fourth-order valence-electron chi connectivity index (χ4n) is 3.57. The molecule has 0 radical (unpaired) electrons. The van der Waals surface area contributed by atoms with E-state index in [2.05, 4.69) is 11.9 Å². The molecule has 0 bridgehead atoms. The molecule has 0 fully saturated rings. The highest BCUT2D eigenvalue weighted by molar-refractivity contribution is 5.77. The maximum Gasteiger partial charge on any atom is 0.333 e. The summed E-state index contributed by atoms with van der Waals surface area (Å²) < 4.78 is 4.25. The minimum absolute atomic E-state index is 0.224. The molecule has 2 heterocycles. The number of amides is 1. The molecule has 1 aromatic carbocycles. The second kappa shape index (κ2) is 9.56. The SMILES string of the molecule is CCCCN(CC)C(=O)Cn1c(=O)c2c(ncn2CC)n(Cc2ccccc2)c1=O. The van der Waals surface area contributed by atoms with Gasteiger partial charge in [0.2, 0.25) is 5.91 Å². The van der Waals surface area contributed by atoms with Gasteiger partial charge in [-0.15, -0.1) is 0 Å². The molecule has 8 nitrogen and oxygen atoms in total. The molecule has 2 aromatic heterocycles. The van der Waals surface area contributed by atoms with Crippen LogP contribution in [0.3, 0.4) is 0 Å². The van der Waals surface area contributed by atoms with E-state index in [0.717, 1.165) is 23.0 Å². The Kier molecular flexibility index (Phi) is 6.87. The standard InChI is InChI=1S/C22H29N5O3/c1-4-7-13-24(5-2)18(28)15-27-21(29)19-20(23-16-25(19)6-3)26(22(27)30)14-17-11-9-8-10-12-17/h8-12,16H,4-7,13-15H2,1-3H3. The first-order valence-electron chi connectivity index (χ1n) is 10.5. The Morgan fingerprint density at radius 2 is 1.80 bits per heavy atom. The molecule has 8 heteroatoms. The number of carbonyl (C=O) groups excluding carboxylic acids is 1. The highest BCUT2D eigenvalue weighted by Gasteiger charge is 2.21. The van der Waals surface area contributed by atoms with E-state index in [9.17, 15) is 14.4 Å². The molecule has 160 valence electrons. The predicted molar refractivity (Wildman–Crippen MR) is 117 cm³/mol. The van der Waals surface area contributed by atoms with Gasteiger partial charge in [-0.25, -0.2) is 14.3 Å². The number of hydrogen-bond acceptors (Lipinski definition) is 4. The van der Waals surface area contributed by atoms with Gasteiger partial charge in [-0.05, 0) is 25.8 Å². The zero-order valence-electron chi connectivity index (χ0n) is 17.9. The number of nitrogens with zero attached hydrogens (tertiary/aromatic N) is 5. The Morgan fingerprint density at radius 3 is 2.43 bits per heavy atom. The second-order valence-electron chi connectivity index (χ2n) is 7.28. The van der Waals surface area contributed by atoms with Crippen LogP contribution >= 0.6 is 0 Å². The summed E-state index contributed by atoms with van der Waals surface area (Å²) in [4.78, 5) is 45.3. The first-order chi connectivity index (χ1) is 14.5. The van der Waals surface area contributed by atoms with E-state index in [-0.39, 0.29) is 19.0 Å². The molecule has 0 aliphatic rings. The van der Waals surface area contributed by atoms with Crippen molar-refractivity contribution >= 4 is 17.1 Å². The van der Waals surface area contributed by atoms with Crippen LogP contribution in [-0.2, 0) is 24.4 Å². The van der Waals surface area contributed by atoms with Crippen molar-refractivity contribution in [1.82, 2.24) is 23.6 Å². The number of rotatable bonds is 9. The Bertz CT molecular complexity index is 1130. The molecular formula is C22H29N5O3. The summed E-state index contributed by atoms with van der Waals surface area (Å²) in [5, 5.41) is 0. The number of imidazole rings is 1. The summed E-state index contributed by atoms with van der Waals surface area (Å²) in [6, 6.07) is 9.53.